The molecule has 0 amide bonds. The quantitative estimate of drug-likeness (QED) is 0.715. The fourth-order valence-corrected chi connectivity index (χ4v) is 1.50. The lowest BCUT2D eigenvalue weighted by molar-refractivity contribution is -0.112. The van der Waals surface area contributed by atoms with Gasteiger partial charge in [-0.3, -0.25) is 4.79 Å². The molecule has 2 rings (SSSR count). The fourth-order valence-electron chi connectivity index (χ4n) is 1.50. The normalized spacial score (nSPS) is 14.8. The Morgan fingerprint density at radius 2 is 2.00 bits per heavy atom. The van der Waals surface area contributed by atoms with Gasteiger partial charge in [0.15, 0.2) is 17.3 Å². The van der Waals surface area contributed by atoms with Gasteiger partial charge in [-0.15, -0.1) is 0 Å². The number of carbonyl (C=O) groups excluding carboxylic acids is 1. The van der Waals surface area contributed by atoms with Crippen molar-refractivity contribution in [3.63, 3.8) is 0 Å². The van der Waals surface area contributed by atoms with E-state index in [2.05, 4.69) is 0 Å². The summed E-state index contributed by atoms with van der Waals surface area (Å²) in [6.07, 6.45) is 4.21. The SMILES string of the molecule is CC(=O)C=Cc1ccc2c(c1)OCCCO2. The third-order valence-electron chi connectivity index (χ3n) is 2.28. The van der Waals surface area contributed by atoms with E-state index in [-0.39, 0.29) is 5.78 Å². The van der Waals surface area contributed by atoms with E-state index >= 15 is 0 Å². The summed E-state index contributed by atoms with van der Waals surface area (Å²) >= 11 is 0. The summed E-state index contributed by atoms with van der Waals surface area (Å²) in [5.41, 5.74) is 0.944. The molecule has 1 aromatic rings. The Balaban J connectivity index is 2.24. The molecule has 1 aromatic carbocycles. The largest absolute Gasteiger partial charge is 0.490 e. The van der Waals surface area contributed by atoms with E-state index in [4.69, 9.17) is 9.47 Å². The molecule has 0 N–H and O–H groups in total. The van der Waals surface area contributed by atoms with Gasteiger partial charge in [-0.05, 0) is 30.7 Å². The summed E-state index contributed by atoms with van der Waals surface area (Å²) in [7, 11) is 0. The lowest BCUT2D eigenvalue weighted by Crippen LogP contribution is -1.97. The van der Waals surface area contributed by atoms with E-state index in [9.17, 15) is 4.79 Å². The van der Waals surface area contributed by atoms with E-state index in [1.807, 2.05) is 18.2 Å². The van der Waals surface area contributed by atoms with Gasteiger partial charge >= 0.3 is 0 Å². The highest BCUT2D eigenvalue weighted by atomic mass is 16.5. The van der Waals surface area contributed by atoms with Crippen molar-refractivity contribution in [2.45, 2.75) is 13.3 Å². The van der Waals surface area contributed by atoms with Crippen LogP contribution in [-0.2, 0) is 4.79 Å². The Morgan fingerprint density at radius 1 is 1.25 bits per heavy atom. The highest BCUT2D eigenvalue weighted by molar-refractivity contribution is 5.91. The van der Waals surface area contributed by atoms with Crippen molar-refractivity contribution in [1.82, 2.24) is 0 Å². The standard InChI is InChI=1S/C13H14O3/c1-10(14)3-4-11-5-6-12-13(9-11)16-8-2-7-15-12/h3-6,9H,2,7-8H2,1H3. The van der Waals surface area contributed by atoms with Gasteiger partial charge in [0.05, 0.1) is 13.2 Å². The van der Waals surface area contributed by atoms with Crippen LogP contribution in [0.1, 0.15) is 18.9 Å². The van der Waals surface area contributed by atoms with E-state index in [1.165, 1.54) is 6.92 Å². The lowest BCUT2D eigenvalue weighted by atomic mass is 10.2. The highest BCUT2D eigenvalue weighted by Gasteiger charge is 2.09. The van der Waals surface area contributed by atoms with Crippen LogP contribution >= 0.6 is 0 Å². The van der Waals surface area contributed by atoms with Gasteiger partial charge in [-0.1, -0.05) is 12.1 Å². The second kappa shape index (κ2) is 4.84. The first-order valence-electron chi connectivity index (χ1n) is 5.34. The summed E-state index contributed by atoms with van der Waals surface area (Å²) < 4.78 is 11.1. The van der Waals surface area contributed by atoms with Crippen molar-refractivity contribution in [3.05, 3.63) is 29.8 Å². The van der Waals surface area contributed by atoms with Crippen molar-refractivity contribution >= 4 is 11.9 Å². The number of ketones is 1. The maximum Gasteiger partial charge on any atom is 0.161 e. The number of carbonyl (C=O) groups is 1. The van der Waals surface area contributed by atoms with Gasteiger partial charge < -0.3 is 9.47 Å². The molecule has 0 spiro atoms. The predicted molar refractivity (Wildman–Crippen MR) is 61.8 cm³/mol. The third kappa shape index (κ3) is 2.63. The molecule has 0 fully saturated rings. The average Bonchev–Trinajstić information content (AvgIpc) is 2.50. The number of allylic oxidation sites excluding steroid dienone is 1. The van der Waals surface area contributed by atoms with Crippen LogP contribution in [0.25, 0.3) is 6.08 Å². The molecule has 0 radical (unpaired) electrons. The Morgan fingerprint density at radius 3 is 2.75 bits per heavy atom. The summed E-state index contributed by atoms with van der Waals surface area (Å²) in [6, 6.07) is 5.67. The number of benzene rings is 1. The van der Waals surface area contributed by atoms with E-state index in [0.29, 0.717) is 13.2 Å². The topological polar surface area (TPSA) is 35.5 Å². The highest BCUT2D eigenvalue weighted by Crippen LogP contribution is 2.30. The molecule has 16 heavy (non-hydrogen) atoms. The van der Waals surface area contributed by atoms with Gasteiger partial charge in [0.2, 0.25) is 0 Å². The van der Waals surface area contributed by atoms with Crippen molar-refractivity contribution in [1.29, 1.82) is 0 Å². The van der Waals surface area contributed by atoms with Crippen molar-refractivity contribution in [2.75, 3.05) is 13.2 Å². The zero-order valence-corrected chi connectivity index (χ0v) is 9.23. The molecule has 0 aromatic heterocycles. The second-order valence-electron chi connectivity index (χ2n) is 3.70. The smallest absolute Gasteiger partial charge is 0.161 e. The first-order chi connectivity index (χ1) is 7.75. The van der Waals surface area contributed by atoms with Crippen molar-refractivity contribution < 1.29 is 14.3 Å². The summed E-state index contributed by atoms with van der Waals surface area (Å²) in [5, 5.41) is 0. The van der Waals surface area contributed by atoms with Crippen LogP contribution < -0.4 is 9.47 Å². The van der Waals surface area contributed by atoms with Gasteiger partial charge in [-0.2, -0.15) is 0 Å². The monoisotopic (exact) mass is 218 g/mol. The van der Waals surface area contributed by atoms with Crippen LogP contribution in [0.2, 0.25) is 0 Å². The minimum Gasteiger partial charge on any atom is -0.490 e. The molecule has 0 aliphatic carbocycles. The van der Waals surface area contributed by atoms with Crippen LogP contribution in [0.4, 0.5) is 0 Å². The summed E-state index contributed by atoms with van der Waals surface area (Å²) in [4.78, 5) is 10.8. The molecular formula is C13H14O3. The van der Waals surface area contributed by atoms with Crippen molar-refractivity contribution in [2.24, 2.45) is 0 Å². The summed E-state index contributed by atoms with van der Waals surface area (Å²) in [5.74, 6) is 1.56. The van der Waals surface area contributed by atoms with Crippen LogP contribution in [0.5, 0.6) is 11.5 Å². The zero-order valence-electron chi connectivity index (χ0n) is 9.23. The molecule has 3 nitrogen and oxygen atoms in total. The number of hydrogen-bond acceptors (Lipinski definition) is 3. The Hall–Kier alpha value is -1.77. The molecule has 0 bridgehead atoms. The number of hydrogen-bond donors (Lipinski definition) is 0. The Labute approximate surface area is 94.7 Å². The molecule has 1 heterocycles. The van der Waals surface area contributed by atoms with Crippen molar-refractivity contribution in [3.8, 4) is 11.5 Å². The molecule has 0 saturated carbocycles. The van der Waals surface area contributed by atoms with Gasteiger partial charge in [0.1, 0.15) is 0 Å². The van der Waals surface area contributed by atoms with E-state index < -0.39 is 0 Å². The molecule has 3 heteroatoms. The second-order valence-corrected chi connectivity index (χ2v) is 3.70. The van der Waals surface area contributed by atoms with Gasteiger partial charge in [0.25, 0.3) is 0 Å². The minimum absolute atomic E-state index is 0.0344. The fraction of sp³-hybridized carbons (Fsp3) is 0.308. The van der Waals surface area contributed by atoms with Gasteiger partial charge in [0, 0.05) is 6.42 Å². The summed E-state index contributed by atoms with van der Waals surface area (Å²) in [6.45, 7) is 2.89. The molecule has 0 atom stereocenters. The first-order valence-corrected chi connectivity index (χ1v) is 5.34. The molecule has 84 valence electrons. The molecule has 0 saturated heterocycles. The number of fused-ring (bicyclic) bond motifs is 1. The molecule has 0 unspecified atom stereocenters. The predicted octanol–water partition coefficient (Wildman–Crippen LogP) is 2.45. The van der Waals surface area contributed by atoms with Crippen LogP contribution in [0, 0.1) is 0 Å². The number of rotatable bonds is 2. The maximum atomic E-state index is 10.8. The van der Waals surface area contributed by atoms with E-state index in [0.717, 1.165) is 23.5 Å². The molecule has 1 aliphatic rings. The lowest BCUT2D eigenvalue weighted by Gasteiger charge is -2.07. The minimum atomic E-state index is 0.0344. The Kier molecular flexibility index (Phi) is 3.25. The molecular weight excluding hydrogens is 204 g/mol. The number of ether oxygens (including phenoxy) is 2. The molecule has 1 aliphatic heterocycles. The first kappa shape index (κ1) is 10.7. The van der Waals surface area contributed by atoms with Crippen LogP contribution in [0.15, 0.2) is 24.3 Å². The van der Waals surface area contributed by atoms with Gasteiger partial charge in [-0.25, -0.2) is 0 Å². The zero-order chi connectivity index (χ0) is 11.4. The third-order valence-corrected chi connectivity index (χ3v) is 2.28. The maximum absolute atomic E-state index is 10.8. The average molecular weight is 218 g/mol. The van der Waals surface area contributed by atoms with E-state index in [1.54, 1.807) is 12.2 Å². The Bertz CT molecular complexity index is 421. The van der Waals surface area contributed by atoms with Crippen LogP contribution in [-0.4, -0.2) is 19.0 Å². The van der Waals surface area contributed by atoms with Crippen LogP contribution in [0.3, 0.4) is 0 Å².